The summed E-state index contributed by atoms with van der Waals surface area (Å²) in [6, 6.07) is 14.3. The van der Waals surface area contributed by atoms with Crippen molar-refractivity contribution in [3.63, 3.8) is 0 Å². The first-order valence-electron chi connectivity index (χ1n) is 8.57. The molecule has 0 aliphatic rings. The van der Waals surface area contributed by atoms with Gasteiger partial charge in [0.25, 0.3) is 5.91 Å². The Bertz CT molecular complexity index is 794. The highest BCUT2D eigenvalue weighted by molar-refractivity contribution is 5.98. The Labute approximate surface area is 154 Å². The third-order valence-corrected chi connectivity index (χ3v) is 4.02. The maximum absolute atomic E-state index is 12.6. The normalized spacial score (nSPS) is 12.2. The third-order valence-electron chi connectivity index (χ3n) is 4.02. The van der Waals surface area contributed by atoms with Gasteiger partial charge in [-0.3, -0.25) is 9.59 Å². The summed E-state index contributed by atoms with van der Waals surface area (Å²) in [6.45, 7) is 7.43. The van der Waals surface area contributed by atoms with Gasteiger partial charge in [0.1, 0.15) is 5.75 Å². The van der Waals surface area contributed by atoms with Crippen LogP contribution in [0.2, 0.25) is 0 Å². The maximum Gasteiger partial charge on any atom is 0.251 e. The highest BCUT2D eigenvalue weighted by Gasteiger charge is 2.21. The molecular weight excluding hydrogens is 328 g/mol. The zero-order valence-corrected chi connectivity index (χ0v) is 15.9. The average molecular weight is 354 g/mol. The molecule has 138 valence electrons. The molecule has 0 fully saturated rings. The SMILES string of the molecule is COc1ccccc1C(C)NC(=O)c1cccc(NC(=O)C(C)(C)C)c1. The number of benzene rings is 2. The van der Waals surface area contributed by atoms with Crippen LogP contribution in [0.15, 0.2) is 48.5 Å². The fourth-order valence-electron chi connectivity index (χ4n) is 2.44. The number of amides is 2. The fourth-order valence-corrected chi connectivity index (χ4v) is 2.44. The first-order chi connectivity index (χ1) is 12.2. The zero-order chi connectivity index (χ0) is 19.3. The molecule has 0 radical (unpaired) electrons. The Kier molecular flexibility index (Phi) is 6.03. The number of ether oxygens (including phenoxy) is 1. The number of carbonyl (C=O) groups is 2. The van der Waals surface area contributed by atoms with Gasteiger partial charge in [-0.15, -0.1) is 0 Å². The van der Waals surface area contributed by atoms with Gasteiger partial charge >= 0.3 is 0 Å². The van der Waals surface area contributed by atoms with E-state index in [1.165, 1.54) is 0 Å². The third kappa shape index (κ3) is 4.85. The summed E-state index contributed by atoms with van der Waals surface area (Å²) in [6.07, 6.45) is 0. The zero-order valence-electron chi connectivity index (χ0n) is 15.9. The predicted molar refractivity (Wildman–Crippen MR) is 103 cm³/mol. The van der Waals surface area contributed by atoms with Crippen LogP contribution in [0.3, 0.4) is 0 Å². The van der Waals surface area contributed by atoms with E-state index in [1.54, 1.807) is 31.4 Å². The largest absolute Gasteiger partial charge is 0.496 e. The van der Waals surface area contributed by atoms with Crippen LogP contribution >= 0.6 is 0 Å². The smallest absolute Gasteiger partial charge is 0.251 e. The molecule has 2 aromatic rings. The molecule has 0 spiro atoms. The van der Waals surface area contributed by atoms with E-state index in [9.17, 15) is 9.59 Å². The summed E-state index contributed by atoms with van der Waals surface area (Å²) in [7, 11) is 1.61. The van der Waals surface area contributed by atoms with Gasteiger partial charge in [-0.25, -0.2) is 0 Å². The lowest BCUT2D eigenvalue weighted by molar-refractivity contribution is -0.123. The fraction of sp³-hybridized carbons (Fsp3) is 0.333. The van der Waals surface area contributed by atoms with Crippen LogP contribution in [0.5, 0.6) is 5.75 Å². The van der Waals surface area contributed by atoms with E-state index >= 15 is 0 Å². The van der Waals surface area contributed by atoms with Crippen molar-refractivity contribution >= 4 is 17.5 Å². The van der Waals surface area contributed by atoms with E-state index in [2.05, 4.69) is 10.6 Å². The molecule has 0 saturated heterocycles. The van der Waals surface area contributed by atoms with Crippen LogP contribution in [0, 0.1) is 5.41 Å². The lowest BCUT2D eigenvalue weighted by Crippen LogP contribution is -2.28. The first-order valence-corrected chi connectivity index (χ1v) is 8.57. The van der Waals surface area contributed by atoms with Crippen LogP contribution in [0.4, 0.5) is 5.69 Å². The lowest BCUT2D eigenvalue weighted by Gasteiger charge is -2.19. The molecule has 0 aliphatic heterocycles. The summed E-state index contributed by atoms with van der Waals surface area (Å²) in [5.41, 5.74) is 1.48. The molecule has 26 heavy (non-hydrogen) atoms. The summed E-state index contributed by atoms with van der Waals surface area (Å²) in [5.74, 6) is 0.416. The molecule has 5 heteroatoms. The van der Waals surface area contributed by atoms with Gasteiger partial charge in [-0.2, -0.15) is 0 Å². The van der Waals surface area contributed by atoms with Gasteiger partial charge in [0.2, 0.25) is 5.91 Å². The molecule has 0 heterocycles. The minimum Gasteiger partial charge on any atom is -0.496 e. The highest BCUT2D eigenvalue weighted by atomic mass is 16.5. The minimum absolute atomic E-state index is 0.0996. The number of hydrogen-bond acceptors (Lipinski definition) is 3. The second kappa shape index (κ2) is 8.04. The molecule has 0 aliphatic carbocycles. The Morgan fingerprint density at radius 3 is 2.38 bits per heavy atom. The van der Waals surface area contributed by atoms with E-state index in [0.717, 1.165) is 11.3 Å². The number of rotatable bonds is 5. The number of carbonyl (C=O) groups excluding carboxylic acids is 2. The Hall–Kier alpha value is -2.82. The maximum atomic E-state index is 12.6. The molecule has 2 amide bonds. The van der Waals surface area contributed by atoms with E-state index in [0.29, 0.717) is 11.3 Å². The molecule has 5 nitrogen and oxygen atoms in total. The molecule has 0 aromatic heterocycles. The van der Waals surface area contributed by atoms with Crippen molar-refractivity contribution in [1.29, 1.82) is 0 Å². The Morgan fingerprint density at radius 2 is 1.73 bits per heavy atom. The van der Waals surface area contributed by atoms with Gasteiger partial charge in [-0.05, 0) is 31.2 Å². The van der Waals surface area contributed by atoms with Crippen molar-refractivity contribution in [3.8, 4) is 5.75 Å². The van der Waals surface area contributed by atoms with Crippen LogP contribution in [-0.4, -0.2) is 18.9 Å². The van der Waals surface area contributed by atoms with E-state index in [4.69, 9.17) is 4.74 Å². The van der Waals surface area contributed by atoms with E-state index in [-0.39, 0.29) is 17.9 Å². The van der Waals surface area contributed by atoms with Crippen molar-refractivity contribution in [1.82, 2.24) is 5.32 Å². The summed E-state index contributed by atoms with van der Waals surface area (Å²) >= 11 is 0. The van der Waals surface area contributed by atoms with Crippen LogP contribution < -0.4 is 15.4 Å². The van der Waals surface area contributed by atoms with Crippen LogP contribution in [0.25, 0.3) is 0 Å². The quantitative estimate of drug-likeness (QED) is 0.847. The Balaban J connectivity index is 2.12. The topological polar surface area (TPSA) is 67.4 Å². The molecule has 2 N–H and O–H groups in total. The summed E-state index contributed by atoms with van der Waals surface area (Å²) in [5, 5.41) is 5.81. The van der Waals surface area contributed by atoms with Crippen LogP contribution in [-0.2, 0) is 4.79 Å². The standard InChI is InChI=1S/C21H26N2O3/c1-14(17-11-6-7-12-18(17)26-5)22-19(24)15-9-8-10-16(13-15)23-20(25)21(2,3)4/h6-14H,1-5H3,(H,22,24)(H,23,25). The molecule has 2 rings (SSSR count). The predicted octanol–water partition coefficient (Wildman–Crippen LogP) is 4.17. The number of para-hydroxylation sites is 1. The molecule has 2 aromatic carbocycles. The summed E-state index contributed by atoms with van der Waals surface area (Å²) in [4.78, 5) is 24.7. The molecule has 0 bridgehead atoms. The summed E-state index contributed by atoms with van der Waals surface area (Å²) < 4.78 is 5.35. The van der Waals surface area contributed by atoms with Gasteiger partial charge in [0.15, 0.2) is 0 Å². The highest BCUT2D eigenvalue weighted by Crippen LogP contribution is 2.25. The Morgan fingerprint density at radius 1 is 1.04 bits per heavy atom. The second-order valence-electron chi connectivity index (χ2n) is 7.22. The minimum atomic E-state index is -0.503. The monoisotopic (exact) mass is 354 g/mol. The molecule has 1 unspecified atom stereocenters. The van der Waals surface area contributed by atoms with Crippen molar-refractivity contribution in [2.75, 3.05) is 12.4 Å². The van der Waals surface area contributed by atoms with Gasteiger partial charge in [0.05, 0.1) is 13.2 Å². The molecular formula is C21H26N2O3. The van der Waals surface area contributed by atoms with Crippen molar-refractivity contribution < 1.29 is 14.3 Å². The van der Waals surface area contributed by atoms with Crippen molar-refractivity contribution in [2.24, 2.45) is 5.41 Å². The van der Waals surface area contributed by atoms with Crippen molar-refractivity contribution in [2.45, 2.75) is 33.7 Å². The van der Waals surface area contributed by atoms with Gasteiger partial charge in [-0.1, -0.05) is 45.0 Å². The van der Waals surface area contributed by atoms with Gasteiger partial charge < -0.3 is 15.4 Å². The number of hydrogen-bond donors (Lipinski definition) is 2. The van der Waals surface area contributed by atoms with E-state index in [1.807, 2.05) is 52.0 Å². The van der Waals surface area contributed by atoms with Gasteiger partial charge in [0, 0.05) is 22.2 Å². The lowest BCUT2D eigenvalue weighted by atomic mass is 9.95. The van der Waals surface area contributed by atoms with Crippen LogP contribution in [0.1, 0.15) is 49.7 Å². The number of methoxy groups -OCH3 is 1. The van der Waals surface area contributed by atoms with E-state index < -0.39 is 5.41 Å². The second-order valence-corrected chi connectivity index (χ2v) is 7.22. The molecule has 1 atom stereocenters. The first kappa shape index (κ1) is 19.5. The number of nitrogens with one attached hydrogen (secondary N) is 2. The van der Waals surface area contributed by atoms with Crippen molar-refractivity contribution in [3.05, 3.63) is 59.7 Å². The number of anilines is 1. The molecule has 0 saturated carbocycles. The average Bonchev–Trinajstić information content (AvgIpc) is 2.61.